The van der Waals surface area contributed by atoms with Crippen LogP contribution in [0.15, 0.2) is 18.2 Å². The molecule has 4 N–H and O–H groups in total. The quantitative estimate of drug-likeness (QED) is 0.604. The van der Waals surface area contributed by atoms with Gasteiger partial charge in [0.15, 0.2) is 0 Å². The minimum atomic E-state index is -0.485. The number of carbonyl (C=O) groups excluding carboxylic acids is 1. The molecule has 5 heteroatoms. The number of amides is 1. The Labute approximate surface area is 80.5 Å². The number of rotatable bonds is 3. The molecule has 0 aliphatic heterocycles. The van der Waals surface area contributed by atoms with E-state index < -0.39 is 11.7 Å². The van der Waals surface area contributed by atoms with Crippen LogP contribution in [0.1, 0.15) is 10.4 Å². The molecule has 76 valence electrons. The Morgan fingerprint density at radius 1 is 1.57 bits per heavy atom. The van der Waals surface area contributed by atoms with Crippen LogP contribution < -0.4 is 11.1 Å². The lowest BCUT2D eigenvalue weighted by atomic mass is 10.1. The predicted molar refractivity (Wildman–Crippen MR) is 50.2 cm³/mol. The van der Waals surface area contributed by atoms with Gasteiger partial charge in [-0.2, -0.15) is 0 Å². The number of halogens is 1. The van der Waals surface area contributed by atoms with E-state index in [1.807, 2.05) is 0 Å². The van der Waals surface area contributed by atoms with Crippen LogP contribution in [0.25, 0.3) is 0 Å². The minimum Gasteiger partial charge on any atom is -0.398 e. The van der Waals surface area contributed by atoms with Gasteiger partial charge in [0.05, 0.1) is 12.2 Å². The standard InChI is InChI=1S/C9H11FN2O2/c10-6-1-2-7(8(11)5-6)9(14)12-3-4-13/h1-2,5,13H,3-4,11H2,(H,12,14). The van der Waals surface area contributed by atoms with Crippen molar-refractivity contribution in [2.45, 2.75) is 0 Å². The van der Waals surface area contributed by atoms with Crippen LogP contribution in [0.4, 0.5) is 10.1 Å². The van der Waals surface area contributed by atoms with E-state index in [2.05, 4.69) is 5.32 Å². The molecule has 0 atom stereocenters. The van der Waals surface area contributed by atoms with E-state index in [4.69, 9.17) is 10.8 Å². The third-order valence-electron chi connectivity index (χ3n) is 1.66. The van der Waals surface area contributed by atoms with Crippen LogP contribution >= 0.6 is 0 Å². The van der Waals surface area contributed by atoms with E-state index >= 15 is 0 Å². The molecule has 1 aromatic rings. The predicted octanol–water partition coefficient (Wildman–Crippen LogP) is 0.130. The van der Waals surface area contributed by atoms with Crippen molar-refractivity contribution in [3.05, 3.63) is 29.6 Å². The lowest BCUT2D eigenvalue weighted by molar-refractivity contribution is 0.0945. The van der Waals surface area contributed by atoms with Gasteiger partial charge in [0.25, 0.3) is 5.91 Å². The van der Waals surface area contributed by atoms with Gasteiger partial charge in [0.1, 0.15) is 5.82 Å². The second-order valence-electron chi connectivity index (χ2n) is 2.71. The summed E-state index contributed by atoms with van der Waals surface area (Å²) in [5.74, 6) is -0.905. The van der Waals surface area contributed by atoms with Crippen molar-refractivity contribution < 1.29 is 14.3 Å². The Hall–Kier alpha value is -1.62. The molecule has 0 aliphatic rings. The fourth-order valence-corrected chi connectivity index (χ4v) is 1.01. The Bertz CT molecular complexity index is 342. The number of benzene rings is 1. The van der Waals surface area contributed by atoms with Gasteiger partial charge in [-0.1, -0.05) is 0 Å². The maximum Gasteiger partial charge on any atom is 0.253 e. The summed E-state index contributed by atoms with van der Waals surface area (Å²) in [6.07, 6.45) is 0. The maximum absolute atomic E-state index is 12.6. The number of aliphatic hydroxyl groups excluding tert-OH is 1. The van der Waals surface area contributed by atoms with Crippen molar-refractivity contribution in [3.63, 3.8) is 0 Å². The summed E-state index contributed by atoms with van der Waals surface area (Å²) >= 11 is 0. The Morgan fingerprint density at radius 2 is 2.29 bits per heavy atom. The van der Waals surface area contributed by atoms with Crippen molar-refractivity contribution in [2.75, 3.05) is 18.9 Å². The highest BCUT2D eigenvalue weighted by Gasteiger charge is 2.08. The van der Waals surface area contributed by atoms with Crippen LogP contribution in [-0.4, -0.2) is 24.2 Å². The molecule has 0 unspecified atom stereocenters. The summed E-state index contributed by atoms with van der Waals surface area (Å²) in [7, 11) is 0. The molecular weight excluding hydrogens is 187 g/mol. The van der Waals surface area contributed by atoms with E-state index in [1.54, 1.807) is 0 Å². The summed E-state index contributed by atoms with van der Waals surface area (Å²) in [6, 6.07) is 3.54. The highest BCUT2D eigenvalue weighted by atomic mass is 19.1. The van der Waals surface area contributed by atoms with Gasteiger partial charge in [-0.05, 0) is 18.2 Å². The van der Waals surface area contributed by atoms with Crippen LogP contribution in [0, 0.1) is 5.82 Å². The molecule has 0 bridgehead atoms. The van der Waals surface area contributed by atoms with Crippen molar-refractivity contribution >= 4 is 11.6 Å². The van der Waals surface area contributed by atoms with Crippen LogP contribution in [0.2, 0.25) is 0 Å². The minimum absolute atomic E-state index is 0.0837. The topological polar surface area (TPSA) is 75.4 Å². The van der Waals surface area contributed by atoms with Crippen LogP contribution in [0.5, 0.6) is 0 Å². The second kappa shape index (κ2) is 4.57. The Balaban J connectivity index is 2.80. The van der Waals surface area contributed by atoms with E-state index in [1.165, 1.54) is 6.07 Å². The number of hydrogen-bond acceptors (Lipinski definition) is 3. The summed E-state index contributed by atoms with van der Waals surface area (Å²) in [5, 5.41) is 10.9. The first-order valence-electron chi connectivity index (χ1n) is 4.09. The number of aliphatic hydroxyl groups is 1. The monoisotopic (exact) mass is 198 g/mol. The number of anilines is 1. The molecule has 0 aromatic heterocycles. The molecule has 0 radical (unpaired) electrons. The zero-order chi connectivity index (χ0) is 10.6. The highest BCUT2D eigenvalue weighted by Crippen LogP contribution is 2.12. The molecular formula is C9H11FN2O2. The van der Waals surface area contributed by atoms with Crippen molar-refractivity contribution in [1.29, 1.82) is 0 Å². The van der Waals surface area contributed by atoms with E-state index in [-0.39, 0.29) is 24.4 Å². The molecule has 0 heterocycles. The van der Waals surface area contributed by atoms with Gasteiger partial charge >= 0.3 is 0 Å². The third-order valence-corrected chi connectivity index (χ3v) is 1.66. The third kappa shape index (κ3) is 2.43. The van der Waals surface area contributed by atoms with Gasteiger partial charge in [-0.15, -0.1) is 0 Å². The van der Waals surface area contributed by atoms with Crippen LogP contribution in [0.3, 0.4) is 0 Å². The zero-order valence-corrected chi connectivity index (χ0v) is 7.46. The summed E-state index contributed by atoms with van der Waals surface area (Å²) < 4.78 is 12.6. The molecule has 0 aliphatic carbocycles. The zero-order valence-electron chi connectivity index (χ0n) is 7.46. The molecule has 1 amide bonds. The molecule has 0 spiro atoms. The summed E-state index contributed by atoms with van der Waals surface area (Å²) in [6.45, 7) is 0.00247. The van der Waals surface area contributed by atoms with E-state index in [0.717, 1.165) is 12.1 Å². The van der Waals surface area contributed by atoms with Gasteiger partial charge in [-0.25, -0.2) is 4.39 Å². The number of carbonyl (C=O) groups is 1. The van der Waals surface area contributed by atoms with Gasteiger partial charge in [0.2, 0.25) is 0 Å². The first-order chi connectivity index (χ1) is 6.65. The number of hydrogen-bond donors (Lipinski definition) is 3. The Kier molecular flexibility index (Phi) is 3.41. The molecule has 14 heavy (non-hydrogen) atoms. The van der Waals surface area contributed by atoms with Crippen molar-refractivity contribution in [2.24, 2.45) is 0 Å². The average molecular weight is 198 g/mol. The molecule has 1 rings (SSSR count). The summed E-state index contributed by atoms with van der Waals surface area (Å²) in [5.41, 5.74) is 5.72. The van der Waals surface area contributed by atoms with Gasteiger partial charge in [-0.3, -0.25) is 4.79 Å². The fourth-order valence-electron chi connectivity index (χ4n) is 1.01. The normalized spacial score (nSPS) is 9.86. The second-order valence-corrected chi connectivity index (χ2v) is 2.71. The van der Waals surface area contributed by atoms with E-state index in [9.17, 15) is 9.18 Å². The Morgan fingerprint density at radius 3 is 2.86 bits per heavy atom. The lowest BCUT2D eigenvalue weighted by Gasteiger charge is -2.05. The first kappa shape index (κ1) is 10.5. The number of nitrogen functional groups attached to an aromatic ring is 1. The van der Waals surface area contributed by atoms with Crippen molar-refractivity contribution in [3.8, 4) is 0 Å². The van der Waals surface area contributed by atoms with E-state index in [0.29, 0.717) is 0 Å². The maximum atomic E-state index is 12.6. The van der Waals surface area contributed by atoms with Gasteiger partial charge < -0.3 is 16.2 Å². The van der Waals surface area contributed by atoms with Crippen LogP contribution in [-0.2, 0) is 0 Å². The lowest BCUT2D eigenvalue weighted by Crippen LogP contribution is -2.27. The largest absolute Gasteiger partial charge is 0.398 e. The molecule has 4 nitrogen and oxygen atoms in total. The number of nitrogens with two attached hydrogens (primary N) is 1. The number of nitrogens with one attached hydrogen (secondary N) is 1. The average Bonchev–Trinajstić information content (AvgIpc) is 2.14. The molecule has 0 saturated heterocycles. The SMILES string of the molecule is Nc1cc(F)ccc1C(=O)NCCO. The fraction of sp³-hybridized carbons (Fsp3) is 0.222. The first-order valence-corrected chi connectivity index (χ1v) is 4.09. The summed E-state index contributed by atoms with van der Waals surface area (Å²) in [4.78, 5) is 11.3. The van der Waals surface area contributed by atoms with Crippen molar-refractivity contribution in [1.82, 2.24) is 5.32 Å². The van der Waals surface area contributed by atoms with Gasteiger partial charge in [0, 0.05) is 12.2 Å². The molecule has 1 aromatic carbocycles. The molecule has 0 fully saturated rings. The smallest absolute Gasteiger partial charge is 0.253 e. The highest BCUT2D eigenvalue weighted by molar-refractivity contribution is 5.99. The molecule has 0 saturated carbocycles.